The van der Waals surface area contributed by atoms with Gasteiger partial charge in [-0.15, -0.1) is 11.3 Å². The first-order valence-electron chi connectivity index (χ1n) is 10.6. The Morgan fingerprint density at radius 3 is 2.56 bits per heavy atom. The molecule has 2 saturated heterocycles. The molecule has 0 aliphatic carbocycles. The van der Waals surface area contributed by atoms with Crippen LogP contribution in [0.5, 0.6) is 0 Å². The van der Waals surface area contributed by atoms with Crippen LogP contribution in [0.3, 0.4) is 0 Å². The molecule has 2 aliphatic rings. The third-order valence-corrected chi connectivity index (χ3v) is 9.13. The first-order chi connectivity index (χ1) is 15.5. The number of nitrogens with one attached hydrogen (secondary N) is 2. The molecule has 174 valence electrons. The van der Waals surface area contributed by atoms with E-state index in [0.717, 1.165) is 13.1 Å². The molecule has 0 bridgehead atoms. The highest BCUT2D eigenvalue weighted by atomic mass is 35.5. The molecule has 32 heavy (non-hydrogen) atoms. The fourth-order valence-electron chi connectivity index (χ4n) is 3.98. The maximum Gasteiger partial charge on any atom is 0.251 e. The number of hydrogen-bond acceptors (Lipinski definition) is 6. The molecule has 1 aromatic heterocycles. The monoisotopic (exact) mass is 500 g/mol. The second kappa shape index (κ2) is 10.6. The molecule has 8 nitrogen and oxygen atoms in total. The molecular weight excluding hydrogens is 474 g/mol. The number of sulfonamides is 1. The number of morpholine rings is 2. The SMILES string of the molecule is O=C(NC[C@@H](c1cccs1)[NH+]1CCOCC1)c1ccc(Cl)c(S(=O)(=O)N2CCOCC2)c1. The highest BCUT2D eigenvalue weighted by molar-refractivity contribution is 7.89. The van der Waals surface area contributed by atoms with Crippen molar-refractivity contribution in [2.75, 3.05) is 59.2 Å². The van der Waals surface area contributed by atoms with Gasteiger partial charge >= 0.3 is 0 Å². The maximum absolute atomic E-state index is 13.1. The number of quaternary nitrogens is 1. The molecule has 4 rings (SSSR count). The summed E-state index contributed by atoms with van der Waals surface area (Å²) >= 11 is 7.89. The molecule has 1 atom stereocenters. The smallest absolute Gasteiger partial charge is 0.251 e. The molecule has 1 aromatic carbocycles. The van der Waals surface area contributed by atoms with Crippen molar-refractivity contribution in [3.63, 3.8) is 0 Å². The van der Waals surface area contributed by atoms with E-state index in [9.17, 15) is 13.2 Å². The molecule has 0 radical (unpaired) electrons. The molecule has 0 saturated carbocycles. The van der Waals surface area contributed by atoms with E-state index in [2.05, 4.69) is 11.4 Å². The number of ether oxygens (including phenoxy) is 2. The fraction of sp³-hybridized carbons (Fsp3) is 0.476. The van der Waals surface area contributed by atoms with Crippen molar-refractivity contribution < 1.29 is 27.6 Å². The van der Waals surface area contributed by atoms with E-state index in [-0.39, 0.29) is 40.5 Å². The molecular formula is C21H27ClN3O5S2+. The summed E-state index contributed by atoms with van der Waals surface area (Å²) in [5.41, 5.74) is 0.267. The molecule has 2 fully saturated rings. The van der Waals surface area contributed by atoms with E-state index < -0.39 is 10.0 Å². The normalized spacial score (nSPS) is 19.5. The third-order valence-electron chi connectivity index (χ3n) is 5.76. The summed E-state index contributed by atoms with van der Waals surface area (Å²) in [5.74, 6) is -0.325. The zero-order valence-corrected chi connectivity index (χ0v) is 20.0. The van der Waals surface area contributed by atoms with Gasteiger partial charge in [-0.2, -0.15) is 4.31 Å². The van der Waals surface area contributed by atoms with Gasteiger partial charge in [0, 0.05) is 18.7 Å². The second-order valence-corrected chi connectivity index (χ2v) is 11.0. The number of nitrogens with zero attached hydrogens (tertiary/aromatic N) is 1. The van der Waals surface area contributed by atoms with E-state index in [4.69, 9.17) is 21.1 Å². The van der Waals surface area contributed by atoms with Gasteiger partial charge < -0.3 is 19.7 Å². The lowest BCUT2D eigenvalue weighted by Gasteiger charge is -2.31. The third kappa shape index (κ3) is 5.33. The predicted molar refractivity (Wildman–Crippen MR) is 122 cm³/mol. The molecule has 2 N–H and O–H groups in total. The van der Waals surface area contributed by atoms with Gasteiger partial charge in [0.15, 0.2) is 0 Å². The van der Waals surface area contributed by atoms with Crippen molar-refractivity contribution in [2.45, 2.75) is 10.9 Å². The molecule has 3 heterocycles. The highest BCUT2D eigenvalue weighted by Crippen LogP contribution is 2.26. The lowest BCUT2D eigenvalue weighted by Crippen LogP contribution is -3.15. The van der Waals surface area contributed by atoms with Crippen molar-refractivity contribution in [1.82, 2.24) is 9.62 Å². The van der Waals surface area contributed by atoms with Gasteiger partial charge in [-0.25, -0.2) is 8.42 Å². The average molecular weight is 501 g/mol. The van der Waals surface area contributed by atoms with Crippen molar-refractivity contribution >= 4 is 38.9 Å². The Kier molecular flexibility index (Phi) is 7.83. The van der Waals surface area contributed by atoms with Crippen LogP contribution in [0.15, 0.2) is 40.6 Å². The van der Waals surface area contributed by atoms with Gasteiger partial charge in [0.25, 0.3) is 5.91 Å². The molecule has 11 heteroatoms. The molecule has 2 aromatic rings. The topological polar surface area (TPSA) is 89.4 Å². The number of rotatable bonds is 7. The number of halogens is 1. The highest BCUT2D eigenvalue weighted by Gasteiger charge is 2.30. The number of amides is 1. The fourth-order valence-corrected chi connectivity index (χ4v) is 6.78. The average Bonchev–Trinajstić information content (AvgIpc) is 3.35. The quantitative estimate of drug-likeness (QED) is 0.587. The van der Waals surface area contributed by atoms with Crippen LogP contribution in [0.4, 0.5) is 0 Å². The first kappa shape index (κ1) is 23.6. The van der Waals surface area contributed by atoms with Gasteiger partial charge in [0.1, 0.15) is 24.0 Å². The number of carbonyl (C=O) groups is 1. The Morgan fingerprint density at radius 1 is 1.16 bits per heavy atom. The van der Waals surface area contributed by atoms with E-state index in [1.165, 1.54) is 26.2 Å². The number of carbonyl (C=O) groups excluding carboxylic acids is 1. The van der Waals surface area contributed by atoms with E-state index in [1.807, 2.05) is 11.4 Å². The standard InChI is InChI=1S/C21H26ClN3O5S2/c22-17-4-3-16(14-20(17)32(27,28)25-7-11-30-12-8-25)21(26)23-15-18(19-2-1-13-31-19)24-5-9-29-10-6-24/h1-4,13-14,18H,5-12,15H2,(H,23,26)/p+1/t18-/m0/s1. The van der Waals surface area contributed by atoms with Gasteiger partial charge in [-0.3, -0.25) is 4.79 Å². The van der Waals surface area contributed by atoms with Crippen molar-refractivity contribution in [1.29, 1.82) is 0 Å². The zero-order chi connectivity index (χ0) is 22.6. The van der Waals surface area contributed by atoms with Crippen LogP contribution >= 0.6 is 22.9 Å². The predicted octanol–water partition coefficient (Wildman–Crippen LogP) is 0.809. The van der Waals surface area contributed by atoms with Gasteiger partial charge in [-0.05, 0) is 29.6 Å². The van der Waals surface area contributed by atoms with Crippen LogP contribution in [0.1, 0.15) is 21.3 Å². The van der Waals surface area contributed by atoms with E-state index in [1.54, 1.807) is 17.4 Å². The van der Waals surface area contributed by atoms with Gasteiger partial charge in [0.2, 0.25) is 10.0 Å². The minimum absolute atomic E-state index is 0.0534. The summed E-state index contributed by atoms with van der Waals surface area (Å²) < 4.78 is 38.2. The van der Waals surface area contributed by atoms with Crippen LogP contribution in [-0.2, 0) is 19.5 Å². The van der Waals surface area contributed by atoms with E-state index >= 15 is 0 Å². The summed E-state index contributed by atoms with van der Waals surface area (Å²) in [5, 5.41) is 5.13. The van der Waals surface area contributed by atoms with Gasteiger partial charge in [-0.1, -0.05) is 17.7 Å². The Labute approximate surface area is 197 Å². The Morgan fingerprint density at radius 2 is 1.88 bits per heavy atom. The molecule has 0 unspecified atom stereocenters. The Balaban J connectivity index is 1.50. The first-order valence-corrected chi connectivity index (χ1v) is 13.3. The number of thiophene rings is 1. The largest absolute Gasteiger partial charge is 0.379 e. The second-order valence-electron chi connectivity index (χ2n) is 7.71. The van der Waals surface area contributed by atoms with Crippen LogP contribution < -0.4 is 10.2 Å². The minimum atomic E-state index is -3.81. The van der Waals surface area contributed by atoms with Crippen LogP contribution in [0, 0.1) is 0 Å². The summed E-state index contributed by atoms with van der Waals surface area (Å²) in [6.07, 6.45) is 0. The molecule has 2 aliphatic heterocycles. The summed E-state index contributed by atoms with van der Waals surface area (Å²) in [6, 6.07) is 8.60. The lowest BCUT2D eigenvalue weighted by atomic mass is 10.1. The summed E-state index contributed by atoms with van der Waals surface area (Å²) in [4.78, 5) is 15.5. The summed E-state index contributed by atoms with van der Waals surface area (Å²) in [7, 11) is -3.81. The Bertz CT molecular complexity index is 1020. The van der Waals surface area contributed by atoms with Gasteiger partial charge in [0.05, 0.1) is 42.9 Å². The molecule has 1 amide bonds. The maximum atomic E-state index is 13.1. The number of hydrogen-bond donors (Lipinski definition) is 2. The zero-order valence-electron chi connectivity index (χ0n) is 17.6. The minimum Gasteiger partial charge on any atom is -0.379 e. The van der Waals surface area contributed by atoms with Crippen LogP contribution in [0.25, 0.3) is 0 Å². The Hall–Kier alpha value is -1.53. The van der Waals surface area contributed by atoms with Crippen LogP contribution in [-0.4, -0.2) is 77.8 Å². The van der Waals surface area contributed by atoms with E-state index in [0.29, 0.717) is 33.0 Å². The lowest BCUT2D eigenvalue weighted by molar-refractivity contribution is -0.937. The molecule has 0 spiro atoms. The van der Waals surface area contributed by atoms with Crippen molar-refractivity contribution in [3.05, 3.63) is 51.2 Å². The van der Waals surface area contributed by atoms with Crippen molar-refractivity contribution in [2.24, 2.45) is 0 Å². The summed E-state index contributed by atoms with van der Waals surface area (Å²) in [6.45, 7) is 4.80. The van der Waals surface area contributed by atoms with Crippen molar-refractivity contribution in [3.8, 4) is 0 Å². The van der Waals surface area contributed by atoms with Crippen LogP contribution in [0.2, 0.25) is 5.02 Å². The number of benzene rings is 1.